The fourth-order valence-electron chi connectivity index (χ4n) is 7.11. The lowest BCUT2D eigenvalue weighted by atomic mass is 9.94. The molecule has 2 aliphatic heterocycles. The van der Waals surface area contributed by atoms with Crippen LogP contribution in [0.1, 0.15) is 33.8 Å². The number of aromatic nitrogens is 6. The van der Waals surface area contributed by atoms with Crippen molar-refractivity contribution < 1.29 is 27.6 Å². The van der Waals surface area contributed by atoms with Crippen molar-refractivity contribution in [2.24, 2.45) is 20.0 Å². The Balaban J connectivity index is 0.997. The topological polar surface area (TPSA) is 134 Å². The van der Waals surface area contributed by atoms with E-state index in [0.717, 1.165) is 30.4 Å². The van der Waals surface area contributed by atoms with Crippen LogP contribution in [0, 0.1) is 17.6 Å². The average Bonchev–Trinajstić information content (AvgIpc) is 3.89. The van der Waals surface area contributed by atoms with E-state index in [4.69, 9.17) is 11.6 Å². The van der Waals surface area contributed by atoms with Crippen molar-refractivity contribution in [3.05, 3.63) is 83.2 Å². The zero-order valence-corrected chi connectivity index (χ0v) is 30.6. The standard InChI is InChI=1S/C37H39ClF2N10O3/c1-46-21-23(18-43-46)33-28(19-42-45-33)25-7-8-27(32(40)31(25)39)30-20-41-34(47(30)2)35(51)44-24-5-6-26(29(38)17-24)37(53)49-13-11-48(12-14-49)36(52)22-9-15-50(3,4)16-10-22/h5-8,17-22H,9-16H2,1-4H3,(H-,42,44,45,51,53)/p+1. The highest BCUT2D eigenvalue weighted by Crippen LogP contribution is 2.36. The number of carbonyl (C=O) groups excluding carboxylic acids is 3. The quantitative estimate of drug-likeness (QED) is 0.230. The van der Waals surface area contributed by atoms with Crippen LogP contribution in [0.15, 0.2) is 55.1 Å². The molecule has 2 N–H and O–H groups in total. The second-order valence-corrected chi connectivity index (χ2v) is 14.7. The number of rotatable bonds is 7. The smallest absolute Gasteiger partial charge is 0.291 e. The number of nitrogens with zero attached hydrogens (tertiary/aromatic N) is 8. The summed E-state index contributed by atoms with van der Waals surface area (Å²) in [6.45, 7) is 3.69. The van der Waals surface area contributed by atoms with E-state index >= 15 is 8.78 Å². The number of carbonyl (C=O) groups is 3. The number of aryl methyl sites for hydroxylation is 1. The third-order valence-corrected chi connectivity index (χ3v) is 10.6. The second-order valence-electron chi connectivity index (χ2n) is 14.3. The van der Waals surface area contributed by atoms with Crippen LogP contribution in [0.4, 0.5) is 14.5 Å². The third kappa shape index (κ3) is 7.05. The van der Waals surface area contributed by atoms with Crippen molar-refractivity contribution >= 4 is 35.0 Å². The fraction of sp³-hybridized carbons (Fsp3) is 0.351. The van der Waals surface area contributed by atoms with Crippen molar-refractivity contribution in [3.8, 4) is 33.6 Å². The van der Waals surface area contributed by atoms with Gasteiger partial charge in [0, 0.05) is 99.4 Å². The number of amides is 3. The molecule has 2 aromatic carbocycles. The minimum atomic E-state index is -1.11. The van der Waals surface area contributed by atoms with E-state index in [-0.39, 0.29) is 51.0 Å². The Morgan fingerprint density at radius 3 is 2.28 bits per heavy atom. The summed E-state index contributed by atoms with van der Waals surface area (Å²) >= 11 is 6.55. The molecule has 2 saturated heterocycles. The Kier molecular flexibility index (Phi) is 9.63. The second kappa shape index (κ2) is 14.2. The monoisotopic (exact) mass is 745 g/mol. The molecule has 2 fully saturated rings. The number of hydrogen-bond donors (Lipinski definition) is 2. The van der Waals surface area contributed by atoms with Crippen LogP contribution < -0.4 is 5.32 Å². The molecule has 0 aliphatic carbocycles. The summed E-state index contributed by atoms with van der Waals surface area (Å²) in [5.74, 6) is -2.91. The number of aromatic amines is 1. The molecule has 13 nitrogen and oxygen atoms in total. The van der Waals surface area contributed by atoms with Gasteiger partial charge in [-0.05, 0) is 24.3 Å². The van der Waals surface area contributed by atoms with Crippen molar-refractivity contribution in [1.82, 2.24) is 39.3 Å². The molecule has 0 radical (unpaired) electrons. The molecule has 0 unspecified atom stereocenters. The number of piperazine rings is 1. The lowest BCUT2D eigenvalue weighted by molar-refractivity contribution is -0.895. The predicted octanol–water partition coefficient (Wildman–Crippen LogP) is 4.83. The van der Waals surface area contributed by atoms with E-state index in [1.165, 1.54) is 42.2 Å². The van der Waals surface area contributed by atoms with Gasteiger partial charge in [0.1, 0.15) is 5.69 Å². The first kappa shape index (κ1) is 36.0. The van der Waals surface area contributed by atoms with Crippen LogP contribution >= 0.6 is 11.6 Å². The SMILES string of the molecule is Cn1cc(-c2n[nH]cc2-c2ccc(-c3cnc(C(=O)Nc4ccc(C(=O)N5CCN(C(=O)C6CC[N+](C)(C)CC6)CC5)c(Cl)c4)n3C)c(F)c2F)cn1. The average molecular weight is 746 g/mol. The number of piperidine rings is 1. The molecular formula is C37H40ClF2N10O3+. The summed E-state index contributed by atoms with van der Waals surface area (Å²) < 4.78 is 35.1. The van der Waals surface area contributed by atoms with Gasteiger partial charge in [-0.1, -0.05) is 17.7 Å². The van der Waals surface area contributed by atoms with E-state index in [2.05, 4.69) is 39.7 Å². The number of hydrogen-bond acceptors (Lipinski definition) is 6. The molecule has 16 heteroatoms. The molecule has 7 rings (SSSR count). The van der Waals surface area contributed by atoms with Crippen molar-refractivity contribution in [2.45, 2.75) is 12.8 Å². The Morgan fingerprint density at radius 2 is 1.60 bits per heavy atom. The van der Waals surface area contributed by atoms with Crippen LogP contribution in [-0.2, 0) is 18.9 Å². The van der Waals surface area contributed by atoms with Crippen LogP contribution in [-0.4, -0.2) is 115 Å². The van der Waals surface area contributed by atoms with Crippen LogP contribution in [0.5, 0.6) is 0 Å². The summed E-state index contributed by atoms with van der Waals surface area (Å²) in [6.07, 6.45) is 7.83. The van der Waals surface area contributed by atoms with Gasteiger partial charge in [-0.15, -0.1) is 0 Å². The van der Waals surface area contributed by atoms with Gasteiger partial charge < -0.3 is 24.2 Å². The lowest BCUT2D eigenvalue weighted by Crippen LogP contribution is -2.54. The zero-order valence-electron chi connectivity index (χ0n) is 29.9. The Morgan fingerprint density at radius 1 is 0.925 bits per heavy atom. The highest BCUT2D eigenvalue weighted by molar-refractivity contribution is 6.34. The Bertz CT molecular complexity index is 2210. The largest absolute Gasteiger partial charge is 0.339 e. The first-order valence-electron chi connectivity index (χ1n) is 17.4. The predicted molar refractivity (Wildman–Crippen MR) is 195 cm³/mol. The molecule has 5 aromatic rings. The van der Waals surface area contributed by atoms with Crippen molar-refractivity contribution in [2.75, 3.05) is 58.7 Å². The van der Waals surface area contributed by atoms with E-state index in [9.17, 15) is 14.4 Å². The van der Waals surface area contributed by atoms with Gasteiger partial charge in [0.25, 0.3) is 11.8 Å². The zero-order chi connectivity index (χ0) is 37.6. The van der Waals surface area contributed by atoms with Crippen LogP contribution in [0.25, 0.3) is 33.6 Å². The number of halogens is 3. The maximum absolute atomic E-state index is 15.6. The molecule has 0 spiro atoms. The molecule has 0 saturated carbocycles. The normalized spacial score (nSPS) is 16.2. The number of nitrogens with one attached hydrogen (secondary N) is 2. The summed E-state index contributed by atoms with van der Waals surface area (Å²) in [5.41, 5.74) is 2.13. The minimum absolute atomic E-state index is 0.00793. The van der Waals surface area contributed by atoms with Crippen molar-refractivity contribution in [1.29, 1.82) is 0 Å². The Labute approximate surface area is 309 Å². The summed E-state index contributed by atoms with van der Waals surface area (Å²) in [5, 5.41) is 13.9. The summed E-state index contributed by atoms with van der Waals surface area (Å²) in [4.78, 5) is 47.6. The maximum Gasteiger partial charge on any atom is 0.291 e. The van der Waals surface area contributed by atoms with Gasteiger partial charge in [0.2, 0.25) is 5.91 Å². The van der Waals surface area contributed by atoms with E-state index < -0.39 is 17.5 Å². The van der Waals surface area contributed by atoms with E-state index in [0.29, 0.717) is 48.7 Å². The molecule has 276 valence electrons. The van der Waals surface area contributed by atoms with Gasteiger partial charge in [0.05, 0.1) is 55.9 Å². The molecule has 0 atom stereocenters. The number of benzene rings is 2. The highest BCUT2D eigenvalue weighted by Gasteiger charge is 2.35. The number of H-pyrrole nitrogens is 1. The molecule has 0 bridgehead atoms. The number of quaternary nitrogens is 1. The van der Waals surface area contributed by atoms with Crippen LogP contribution in [0.2, 0.25) is 5.02 Å². The minimum Gasteiger partial charge on any atom is -0.339 e. The molecule has 2 aliphatic rings. The van der Waals surface area contributed by atoms with Crippen LogP contribution in [0.3, 0.4) is 0 Å². The Hall–Kier alpha value is -5.41. The molecule has 3 amide bonds. The molecular weight excluding hydrogens is 706 g/mol. The maximum atomic E-state index is 15.6. The van der Waals surface area contributed by atoms with Gasteiger partial charge >= 0.3 is 0 Å². The number of imidazole rings is 1. The first-order chi connectivity index (χ1) is 25.3. The van der Waals surface area contributed by atoms with Crippen molar-refractivity contribution in [3.63, 3.8) is 0 Å². The summed E-state index contributed by atoms with van der Waals surface area (Å²) in [6, 6.07) is 7.46. The van der Waals surface area contributed by atoms with Gasteiger partial charge in [-0.3, -0.25) is 24.2 Å². The van der Waals surface area contributed by atoms with Gasteiger partial charge in [0.15, 0.2) is 17.5 Å². The van der Waals surface area contributed by atoms with E-state index in [1.54, 1.807) is 41.2 Å². The first-order valence-corrected chi connectivity index (χ1v) is 17.7. The third-order valence-electron chi connectivity index (χ3n) is 10.3. The molecule has 3 aromatic heterocycles. The molecule has 53 heavy (non-hydrogen) atoms. The lowest BCUT2D eigenvalue weighted by Gasteiger charge is -2.40. The van der Waals surface area contributed by atoms with Gasteiger partial charge in [-0.2, -0.15) is 10.2 Å². The fourth-order valence-corrected chi connectivity index (χ4v) is 7.37. The number of anilines is 1. The highest BCUT2D eigenvalue weighted by atomic mass is 35.5. The summed E-state index contributed by atoms with van der Waals surface area (Å²) in [7, 11) is 7.64. The van der Waals surface area contributed by atoms with E-state index in [1.807, 2.05) is 4.90 Å². The number of likely N-dealkylation sites (tertiary alicyclic amines) is 1. The molecule has 5 heterocycles. The van der Waals surface area contributed by atoms with Gasteiger partial charge in [-0.25, -0.2) is 13.8 Å².